The number of nitrogens with zero attached hydrogens (tertiary/aromatic N) is 1. The number of para-hydroxylation sites is 1. The number of halogens is 2. The van der Waals surface area contributed by atoms with Gasteiger partial charge >= 0.3 is 6.61 Å². The van der Waals surface area contributed by atoms with E-state index >= 15 is 0 Å². The molecule has 0 aromatic heterocycles. The van der Waals surface area contributed by atoms with Crippen molar-refractivity contribution in [3.05, 3.63) is 29.8 Å². The summed E-state index contributed by atoms with van der Waals surface area (Å²) < 4.78 is 29.4. The molecule has 0 amide bonds. The molecule has 0 spiro atoms. The van der Waals surface area contributed by atoms with Crippen LogP contribution in [-0.4, -0.2) is 31.1 Å². The Morgan fingerprint density at radius 2 is 1.90 bits per heavy atom. The monoisotopic (exact) mass is 298 g/mol. The van der Waals surface area contributed by atoms with E-state index in [1.807, 2.05) is 0 Å². The second-order valence-corrected chi connectivity index (χ2v) is 5.75. The lowest BCUT2D eigenvalue weighted by Crippen LogP contribution is -2.38. The van der Waals surface area contributed by atoms with Crippen molar-refractivity contribution in [1.29, 1.82) is 0 Å². The van der Waals surface area contributed by atoms with Gasteiger partial charge in [-0.1, -0.05) is 37.5 Å². The molecule has 1 fully saturated rings. The van der Waals surface area contributed by atoms with Gasteiger partial charge in [0.15, 0.2) is 0 Å². The van der Waals surface area contributed by atoms with Crippen LogP contribution in [0.1, 0.15) is 43.7 Å². The summed E-state index contributed by atoms with van der Waals surface area (Å²) in [6, 6.07) is 7.01. The second-order valence-electron chi connectivity index (χ2n) is 5.75. The highest BCUT2D eigenvalue weighted by Crippen LogP contribution is 2.27. The highest BCUT2D eigenvalue weighted by Gasteiger charge is 2.22. The molecular formula is C16H24F2N2O. The van der Waals surface area contributed by atoms with Crippen molar-refractivity contribution in [2.45, 2.75) is 50.8 Å². The number of nitrogens with two attached hydrogens (primary N) is 1. The van der Waals surface area contributed by atoms with Gasteiger partial charge < -0.3 is 15.4 Å². The van der Waals surface area contributed by atoms with Crippen molar-refractivity contribution in [1.82, 2.24) is 4.90 Å². The maximum Gasteiger partial charge on any atom is 0.387 e. The Balaban J connectivity index is 2.00. The van der Waals surface area contributed by atoms with E-state index in [1.165, 1.54) is 32.1 Å². The Labute approximate surface area is 125 Å². The lowest BCUT2D eigenvalue weighted by atomic mass is 9.94. The topological polar surface area (TPSA) is 38.5 Å². The van der Waals surface area contributed by atoms with Gasteiger partial charge in [-0.2, -0.15) is 8.78 Å². The van der Waals surface area contributed by atoms with E-state index < -0.39 is 6.61 Å². The Bertz CT molecular complexity index is 436. The van der Waals surface area contributed by atoms with E-state index in [1.54, 1.807) is 24.3 Å². The number of ether oxygens (including phenoxy) is 1. The first-order valence-corrected chi connectivity index (χ1v) is 7.57. The third kappa shape index (κ3) is 4.64. The largest absolute Gasteiger partial charge is 0.434 e. The van der Waals surface area contributed by atoms with E-state index in [9.17, 15) is 8.78 Å². The van der Waals surface area contributed by atoms with E-state index in [2.05, 4.69) is 16.7 Å². The summed E-state index contributed by atoms with van der Waals surface area (Å²) in [5.41, 5.74) is 6.85. The minimum Gasteiger partial charge on any atom is -0.434 e. The molecule has 0 heterocycles. The van der Waals surface area contributed by atoms with Crippen LogP contribution >= 0.6 is 0 Å². The third-order valence-corrected chi connectivity index (χ3v) is 4.22. The molecule has 1 aliphatic rings. The fourth-order valence-electron chi connectivity index (χ4n) is 3.07. The Morgan fingerprint density at radius 1 is 1.24 bits per heavy atom. The third-order valence-electron chi connectivity index (χ3n) is 4.22. The van der Waals surface area contributed by atoms with Crippen LogP contribution in [0.3, 0.4) is 0 Å². The summed E-state index contributed by atoms with van der Waals surface area (Å²) in [7, 11) is 2.06. The van der Waals surface area contributed by atoms with Crippen molar-refractivity contribution in [2.24, 2.45) is 5.73 Å². The molecule has 2 rings (SSSR count). The van der Waals surface area contributed by atoms with Gasteiger partial charge in [0.1, 0.15) is 5.75 Å². The highest BCUT2D eigenvalue weighted by atomic mass is 19.3. The molecular weight excluding hydrogens is 274 g/mol. The minimum absolute atomic E-state index is 0.178. The van der Waals surface area contributed by atoms with Crippen LogP contribution in [0.5, 0.6) is 5.75 Å². The molecule has 1 aliphatic carbocycles. The fourth-order valence-corrected chi connectivity index (χ4v) is 3.07. The SMILES string of the molecule is CN(CC(N)c1ccccc1OC(F)F)C1CCCCC1. The van der Waals surface area contributed by atoms with Crippen LogP contribution in [0, 0.1) is 0 Å². The highest BCUT2D eigenvalue weighted by molar-refractivity contribution is 5.36. The van der Waals surface area contributed by atoms with Gasteiger partial charge in [-0.3, -0.25) is 0 Å². The molecule has 1 aromatic rings. The van der Waals surface area contributed by atoms with Gasteiger partial charge in [0.25, 0.3) is 0 Å². The number of rotatable bonds is 6. The first kappa shape index (κ1) is 16.2. The van der Waals surface area contributed by atoms with Crippen molar-refractivity contribution in [3.63, 3.8) is 0 Å². The summed E-state index contributed by atoms with van der Waals surface area (Å²) >= 11 is 0. The molecule has 1 unspecified atom stereocenters. The summed E-state index contributed by atoms with van der Waals surface area (Å²) in [5.74, 6) is 0.178. The van der Waals surface area contributed by atoms with E-state index in [-0.39, 0.29) is 11.8 Å². The number of likely N-dealkylation sites (N-methyl/N-ethyl adjacent to an activating group) is 1. The normalized spacial score (nSPS) is 18.2. The summed E-state index contributed by atoms with van der Waals surface area (Å²) in [5, 5.41) is 0. The number of alkyl halides is 2. The zero-order valence-electron chi connectivity index (χ0n) is 12.5. The van der Waals surface area contributed by atoms with Gasteiger partial charge in [-0.25, -0.2) is 0 Å². The van der Waals surface area contributed by atoms with E-state index in [0.717, 1.165) is 0 Å². The molecule has 1 saturated carbocycles. The van der Waals surface area contributed by atoms with E-state index in [0.29, 0.717) is 18.2 Å². The lowest BCUT2D eigenvalue weighted by molar-refractivity contribution is -0.0507. The van der Waals surface area contributed by atoms with Crippen molar-refractivity contribution >= 4 is 0 Å². The Morgan fingerprint density at radius 3 is 2.57 bits per heavy atom. The van der Waals surface area contributed by atoms with Gasteiger partial charge in [0.2, 0.25) is 0 Å². The van der Waals surface area contributed by atoms with Gasteiger partial charge in [0, 0.05) is 24.2 Å². The number of hydrogen-bond donors (Lipinski definition) is 1. The van der Waals surface area contributed by atoms with Crippen LogP contribution in [0.25, 0.3) is 0 Å². The van der Waals surface area contributed by atoms with Gasteiger partial charge in [-0.05, 0) is 26.0 Å². The molecule has 0 saturated heterocycles. The lowest BCUT2D eigenvalue weighted by Gasteiger charge is -2.33. The average Bonchev–Trinajstić information content (AvgIpc) is 2.48. The maximum atomic E-state index is 12.4. The standard InChI is InChI=1S/C16H24F2N2O/c1-20(12-7-3-2-4-8-12)11-14(19)13-9-5-6-10-15(13)21-16(17)18/h5-6,9-10,12,14,16H,2-4,7-8,11,19H2,1H3. The molecule has 0 bridgehead atoms. The Kier molecular flexibility index (Phi) is 5.94. The molecule has 3 nitrogen and oxygen atoms in total. The molecule has 5 heteroatoms. The minimum atomic E-state index is -2.82. The van der Waals surface area contributed by atoms with Crippen LogP contribution < -0.4 is 10.5 Å². The van der Waals surface area contributed by atoms with Crippen LogP contribution in [0.15, 0.2) is 24.3 Å². The molecule has 21 heavy (non-hydrogen) atoms. The summed E-state index contributed by atoms with van der Waals surface area (Å²) in [6.07, 6.45) is 6.21. The fraction of sp³-hybridized carbons (Fsp3) is 0.625. The van der Waals surface area contributed by atoms with Crippen LogP contribution in [-0.2, 0) is 0 Å². The van der Waals surface area contributed by atoms with Gasteiger partial charge in [0.05, 0.1) is 0 Å². The first-order chi connectivity index (χ1) is 10.1. The number of benzene rings is 1. The van der Waals surface area contributed by atoms with Crippen molar-refractivity contribution in [2.75, 3.05) is 13.6 Å². The van der Waals surface area contributed by atoms with Crippen LogP contribution in [0.4, 0.5) is 8.78 Å². The predicted molar refractivity (Wildman–Crippen MR) is 79.5 cm³/mol. The smallest absolute Gasteiger partial charge is 0.387 e. The molecule has 2 N–H and O–H groups in total. The number of hydrogen-bond acceptors (Lipinski definition) is 3. The molecule has 0 aliphatic heterocycles. The van der Waals surface area contributed by atoms with Gasteiger partial charge in [-0.15, -0.1) is 0 Å². The van der Waals surface area contributed by atoms with Crippen molar-refractivity contribution in [3.8, 4) is 5.75 Å². The molecule has 118 valence electrons. The summed E-state index contributed by atoms with van der Waals surface area (Å²) in [6.45, 7) is -2.18. The zero-order chi connectivity index (χ0) is 15.2. The molecule has 0 radical (unpaired) electrons. The van der Waals surface area contributed by atoms with Crippen molar-refractivity contribution < 1.29 is 13.5 Å². The molecule has 1 atom stereocenters. The Hall–Kier alpha value is -1.20. The second kappa shape index (κ2) is 7.71. The quantitative estimate of drug-likeness (QED) is 0.873. The predicted octanol–water partition coefficient (Wildman–Crippen LogP) is 3.55. The molecule has 1 aromatic carbocycles. The van der Waals surface area contributed by atoms with Crippen LogP contribution in [0.2, 0.25) is 0 Å². The first-order valence-electron chi connectivity index (χ1n) is 7.57. The maximum absolute atomic E-state index is 12.4. The van der Waals surface area contributed by atoms with E-state index in [4.69, 9.17) is 5.73 Å². The summed E-state index contributed by atoms with van der Waals surface area (Å²) in [4.78, 5) is 2.25. The zero-order valence-corrected chi connectivity index (χ0v) is 12.5. The average molecular weight is 298 g/mol.